The van der Waals surface area contributed by atoms with E-state index in [1.165, 1.54) is 17.8 Å². The number of hydrogen-bond donors (Lipinski definition) is 0. The summed E-state index contributed by atoms with van der Waals surface area (Å²) in [5.41, 5.74) is 0. The molecule has 0 aliphatic heterocycles. The van der Waals surface area contributed by atoms with Crippen LogP contribution < -0.4 is 0 Å². The number of rotatable bonds is 5. The molecule has 0 aliphatic rings. The average Bonchev–Trinajstić information content (AvgIpc) is 2.27. The third-order valence-electron chi connectivity index (χ3n) is 1.57. The predicted molar refractivity (Wildman–Crippen MR) is 65.7 cm³/mol. The maximum absolute atomic E-state index is 10.9. The summed E-state index contributed by atoms with van der Waals surface area (Å²) in [4.78, 5) is 15.1. The largest absolute Gasteiger partial charge is 0.463 e. The molecular weight excluding hydrogens is 246 g/mol. The van der Waals surface area contributed by atoms with Gasteiger partial charge in [0.2, 0.25) is 0 Å². The van der Waals surface area contributed by atoms with Crippen molar-refractivity contribution >= 4 is 29.3 Å². The zero-order valence-corrected chi connectivity index (χ0v) is 10.4. The third-order valence-corrected chi connectivity index (χ3v) is 2.69. The number of hydrogen-bond acceptors (Lipinski definition) is 4. The van der Waals surface area contributed by atoms with Crippen LogP contribution in [0.3, 0.4) is 0 Å². The van der Waals surface area contributed by atoms with Crippen molar-refractivity contribution in [2.75, 3.05) is 12.4 Å². The molecule has 0 spiro atoms. The van der Waals surface area contributed by atoms with Crippen molar-refractivity contribution in [1.82, 2.24) is 4.98 Å². The number of halogens is 1. The van der Waals surface area contributed by atoms with E-state index in [-0.39, 0.29) is 5.97 Å². The quantitative estimate of drug-likeness (QED) is 0.462. The normalized spacial score (nSPS) is 10.6. The fourth-order valence-electron chi connectivity index (χ4n) is 0.916. The Balaban J connectivity index is 2.30. The summed E-state index contributed by atoms with van der Waals surface area (Å²) >= 11 is 7.23. The fourth-order valence-corrected chi connectivity index (χ4v) is 1.68. The Morgan fingerprint density at radius 1 is 1.62 bits per heavy atom. The lowest BCUT2D eigenvalue weighted by molar-refractivity contribution is -0.137. The first-order valence-electron chi connectivity index (χ1n) is 4.80. The summed E-state index contributed by atoms with van der Waals surface area (Å²) < 4.78 is 4.74. The van der Waals surface area contributed by atoms with Crippen LogP contribution in [-0.4, -0.2) is 23.3 Å². The number of pyridine rings is 1. The molecule has 1 aromatic rings. The van der Waals surface area contributed by atoms with Crippen LogP contribution in [-0.2, 0) is 9.53 Å². The molecule has 0 fully saturated rings. The van der Waals surface area contributed by atoms with Crippen LogP contribution >= 0.6 is 23.4 Å². The summed E-state index contributed by atoms with van der Waals surface area (Å²) in [5.74, 6) is 0.361. The van der Waals surface area contributed by atoms with Crippen LogP contribution in [0.1, 0.15) is 6.92 Å². The Morgan fingerprint density at radius 3 is 3.06 bits per heavy atom. The van der Waals surface area contributed by atoms with E-state index in [2.05, 4.69) is 4.98 Å². The van der Waals surface area contributed by atoms with Gasteiger partial charge in [0.1, 0.15) is 0 Å². The highest BCUT2D eigenvalue weighted by atomic mass is 35.5. The molecule has 0 radical (unpaired) electrons. The number of ether oxygens (including phenoxy) is 1. The first kappa shape index (κ1) is 13.1. The molecule has 0 unspecified atom stereocenters. The van der Waals surface area contributed by atoms with Crippen LogP contribution in [0.5, 0.6) is 0 Å². The van der Waals surface area contributed by atoms with E-state index < -0.39 is 0 Å². The van der Waals surface area contributed by atoms with Crippen molar-refractivity contribution in [1.29, 1.82) is 0 Å². The monoisotopic (exact) mass is 257 g/mol. The Hall–Kier alpha value is -1.00. The topological polar surface area (TPSA) is 39.2 Å². The predicted octanol–water partition coefficient (Wildman–Crippen LogP) is 2.95. The second-order valence-corrected chi connectivity index (χ2v) is 4.26. The standard InChI is InChI=1S/C11H12ClNO2S/c1-2-15-11(14)4-3-7-16-10-6-5-9(12)8-13-10/h3-6,8H,2,7H2,1H3/b4-3+. The maximum Gasteiger partial charge on any atom is 0.330 e. The van der Waals surface area contributed by atoms with Crippen LogP contribution in [0.4, 0.5) is 0 Å². The zero-order chi connectivity index (χ0) is 11.8. The number of esters is 1. The Kier molecular flexibility index (Phi) is 5.96. The lowest BCUT2D eigenvalue weighted by atomic mass is 10.5. The van der Waals surface area contributed by atoms with Gasteiger partial charge in [0.15, 0.2) is 0 Å². The van der Waals surface area contributed by atoms with Crippen molar-refractivity contribution in [3.8, 4) is 0 Å². The maximum atomic E-state index is 10.9. The van der Waals surface area contributed by atoms with Crippen LogP contribution in [0, 0.1) is 0 Å². The molecule has 3 nitrogen and oxygen atoms in total. The molecule has 0 amide bonds. The fraction of sp³-hybridized carbons (Fsp3) is 0.273. The van der Waals surface area contributed by atoms with Crippen molar-refractivity contribution in [3.63, 3.8) is 0 Å². The number of carbonyl (C=O) groups excluding carboxylic acids is 1. The first-order valence-corrected chi connectivity index (χ1v) is 6.16. The zero-order valence-electron chi connectivity index (χ0n) is 8.85. The minimum absolute atomic E-state index is 0.313. The van der Waals surface area contributed by atoms with Gasteiger partial charge in [-0.15, -0.1) is 11.8 Å². The van der Waals surface area contributed by atoms with Gasteiger partial charge in [-0.05, 0) is 19.1 Å². The summed E-state index contributed by atoms with van der Waals surface area (Å²) in [6.07, 6.45) is 4.77. The Labute approximate surface area is 104 Å². The number of carbonyl (C=O) groups is 1. The Morgan fingerprint density at radius 2 is 2.44 bits per heavy atom. The second-order valence-electron chi connectivity index (χ2n) is 2.78. The Bertz CT molecular complexity index is 365. The van der Waals surface area contributed by atoms with Gasteiger partial charge in [-0.1, -0.05) is 17.7 Å². The minimum atomic E-state index is -0.313. The average molecular weight is 258 g/mol. The molecule has 1 aromatic heterocycles. The number of thioether (sulfide) groups is 1. The molecular formula is C11H12ClNO2S. The lowest BCUT2D eigenvalue weighted by Crippen LogP contribution is -1.98. The van der Waals surface area contributed by atoms with Gasteiger partial charge in [0.05, 0.1) is 16.7 Å². The molecule has 0 N–H and O–H groups in total. The molecule has 5 heteroatoms. The van der Waals surface area contributed by atoms with Gasteiger partial charge < -0.3 is 4.74 Å². The summed E-state index contributed by atoms with van der Waals surface area (Å²) in [6, 6.07) is 3.62. The highest BCUT2D eigenvalue weighted by molar-refractivity contribution is 7.99. The van der Waals surface area contributed by atoms with Crippen LogP contribution in [0.2, 0.25) is 5.02 Å². The summed E-state index contributed by atoms with van der Waals surface area (Å²) in [5, 5.41) is 1.49. The molecule has 0 bridgehead atoms. The van der Waals surface area contributed by atoms with Crippen LogP contribution in [0.15, 0.2) is 35.5 Å². The molecule has 86 valence electrons. The highest BCUT2D eigenvalue weighted by Crippen LogP contribution is 2.16. The highest BCUT2D eigenvalue weighted by Gasteiger charge is 1.95. The molecule has 0 saturated heterocycles. The molecule has 16 heavy (non-hydrogen) atoms. The van der Waals surface area contributed by atoms with E-state index in [0.717, 1.165) is 5.03 Å². The smallest absolute Gasteiger partial charge is 0.330 e. The van der Waals surface area contributed by atoms with Gasteiger partial charge in [0, 0.05) is 18.0 Å². The van der Waals surface area contributed by atoms with Gasteiger partial charge >= 0.3 is 5.97 Å². The van der Waals surface area contributed by atoms with Gasteiger partial charge in [-0.3, -0.25) is 0 Å². The SMILES string of the molecule is CCOC(=O)/C=C/CSc1ccc(Cl)cn1. The van der Waals surface area contributed by atoms with E-state index in [1.54, 1.807) is 25.3 Å². The summed E-state index contributed by atoms with van der Waals surface area (Å²) in [6.45, 7) is 2.17. The van der Waals surface area contributed by atoms with Gasteiger partial charge in [-0.2, -0.15) is 0 Å². The van der Waals surface area contributed by atoms with Crippen molar-refractivity contribution in [3.05, 3.63) is 35.5 Å². The molecule has 0 aromatic carbocycles. The second kappa shape index (κ2) is 7.30. The molecule has 0 saturated carbocycles. The molecule has 0 atom stereocenters. The molecule has 1 rings (SSSR count). The van der Waals surface area contributed by atoms with Crippen molar-refractivity contribution < 1.29 is 9.53 Å². The van der Waals surface area contributed by atoms with Gasteiger partial charge in [-0.25, -0.2) is 9.78 Å². The van der Waals surface area contributed by atoms with E-state index in [1.807, 2.05) is 6.07 Å². The number of nitrogens with zero attached hydrogens (tertiary/aromatic N) is 1. The van der Waals surface area contributed by atoms with E-state index in [4.69, 9.17) is 16.3 Å². The lowest BCUT2D eigenvalue weighted by Gasteiger charge is -1.97. The van der Waals surface area contributed by atoms with E-state index in [0.29, 0.717) is 17.4 Å². The van der Waals surface area contributed by atoms with Gasteiger partial charge in [0.25, 0.3) is 0 Å². The number of aromatic nitrogens is 1. The first-order chi connectivity index (χ1) is 7.72. The van der Waals surface area contributed by atoms with E-state index in [9.17, 15) is 4.79 Å². The van der Waals surface area contributed by atoms with Crippen LogP contribution in [0.25, 0.3) is 0 Å². The summed E-state index contributed by atoms with van der Waals surface area (Å²) in [7, 11) is 0. The van der Waals surface area contributed by atoms with E-state index >= 15 is 0 Å². The molecule has 0 aliphatic carbocycles. The van der Waals surface area contributed by atoms with Crippen molar-refractivity contribution in [2.24, 2.45) is 0 Å². The molecule has 1 heterocycles. The third kappa shape index (κ3) is 5.19. The van der Waals surface area contributed by atoms with Crippen molar-refractivity contribution in [2.45, 2.75) is 11.9 Å². The minimum Gasteiger partial charge on any atom is -0.463 e.